The van der Waals surface area contributed by atoms with E-state index in [1.807, 2.05) is 0 Å². The van der Waals surface area contributed by atoms with E-state index in [1.54, 1.807) is 0 Å². The summed E-state index contributed by atoms with van der Waals surface area (Å²) in [6.45, 7) is 0. The van der Waals surface area contributed by atoms with E-state index < -0.39 is 0 Å². The zero-order chi connectivity index (χ0) is 14.0. The van der Waals surface area contributed by atoms with Gasteiger partial charge < -0.3 is 0 Å². The van der Waals surface area contributed by atoms with Crippen LogP contribution in [-0.2, 0) is 0 Å². The average molecular weight is 376 g/mol. The Labute approximate surface area is 136 Å². The lowest BCUT2D eigenvalue weighted by molar-refractivity contribution is 0.740. The molecule has 0 atom stereocenters. The summed E-state index contributed by atoms with van der Waals surface area (Å²) in [5, 5.41) is 0. The molecule has 0 heterocycles. The molecule has 0 aromatic heterocycles. The third-order valence-electron chi connectivity index (χ3n) is 3.36. The van der Waals surface area contributed by atoms with Crippen molar-refractivity contribution >= 4 is 28.2 Å². The van der Waals surface area contributed by atoms with Crippen molar-refractivity contribution in [2.24, 2.45) is 0 Å². The normalized spacial score (nSPS) is 10.2. The number of alkyl halides is 1. The van der Waals surface area contributed by atoms with Crippen LogP contribution in [0.2, 0.25) is 0 Å². The number of halogens is 1. The topological polar surface area (TPSA) is 0 Å². The predicted octanol–water partition coefficient (Wildman–Crippen LogP) is 6.11. The number of benzene rings is 2. The molecule has 0 bridgehead atoms. The standard InChI is InChI=1S/C19H21I/c20-16-10-2-1-9-15-19(17-11-5-3-6-12-17)18-13-7-4-8-14-18/h3-8,11-15H,1-2,9-10,16H2. The average Bonchev–Trinajstić information content (AvgIpc) is 2.53. The van der Waals surface area contributed by atoms with Crippen molar-refractivity contribution in [2.75, 3.05) is 4.43 Å². The molecule has 0 N–H and O–H groups in total. The van der Waals surface area contributed by atoms with E-state index in [1.165, 1.54) is 40.4 Å². The monoisotopic (exact) mass is 376 g/mol. The van der Waals surface area contributed by atoms with Gasteiger partial charge in [0.1, 0.15) is 0 Å². The highest BCUT2D eigenvalue weighted by molar-refractivity contribution is 14.1. The predicted molar refractivity (Wildman–Crippen MR) is 97.3 cm³/mol. The van der Waals surface area contributed by atoms with Gasteiger partial charge in [0.2, 0.25) is 0 Å². The van der Waals surface area contributed by atoms with Crippen LogP contribution in [0.1, 0.15) is 36.8 Å². The van der Waals surface area contributed by atoms with Crippen molar-refractivity contribution in [1.82, 2.24) is 0 Å². The van der Waals surface area contributed by atoms with Crippen LogP contribution in [0.3, 0.4) is 0 Å². The summed E-state index contributed by atoms with van der Waals surface area (Å²) in [5.41, 5.74) is 3.99. The Morgan fingerprint density at radius 1 is 0.750 bits per heavy atom. The maximum absolute atomic E-state index is 2.46. The molecule has 0 nitrogen and oxygen atoms in total. The van der Waals surface area contributed by atoms with Crippen LogP contribution in [0.15, 0.2) is 66.7 Å². The van der Waals surface area contributed by atoms with Crippen LogP contribution in [0, 0.1) is 0 Å². The quantitative estimate of drug-likeness (QED) is 0.311. The molecule has 0 saturated heterocycles. The largest absolute Gasteiger partial charge is 0.0864 e. The fraction of sp³-hybridized carbons (Fsp3) is 0.263. The van der Waals surface area contributed by atoms with Crippen molar-refractivity contribution in [1.29, 1.82) is 0 Å². The van der Waals surface area contributed by atoms with Crippen molar-refractivity contribution < 1.29 is 0 Å². The summed E-state index contributed by atoms with van der Waals surface area (Å²) in [5.74, 6) is 0. The Morgan fingerprint density at radius 2 is 1.30 bits per heavy atom. The van der Waals surface area contributed by atoms with E-state index in [0.717, 1.165) is 6.42 Å². The van der Waals surface area contributed by atoms with Crippen molar-refractivity contribution in [3.05, 3.63) is 77.9 Å². The molecule has 0 aliphatic heterocycles. The van der Waals surface area contributed by atoms with Gasteiger partial charge in [-0.05, 0) is 40.4 Å². The second-order valence-electron chi connectivity index (χ2n) is 4.89. The molecule has 0 fully saturated rings. The first-order chi connectivity index (χ1) is 9.92. The molecule has 20 heavy (non-hydrogen) atoms. The summed E-state index contributed by atoms with van der Waals surface area (Å²) in [4.78, 5) is 0. The Hall–Kier alpha value is -1.09. The Kier molecular flexibility index (Phi) is 6.85. The number of rotatable bonds is 7. The first kappa shape index (κ1) is 15.3. The van der Waals surface area contributed by atoms with Crippen LogP contribution in [0.4, 0.5) is 0 Å². The lowest BCUT2D eigenvalue weighted by Gasteiger charge is -2.08. The van der Waals surface area contributed by atoms with Crippen LogP contribution < -0.4 is 0 Å². The number of hydrogen-bond donors (Lipinski definition) is 0. The van der Waals surface area contributed by atoms with Crippen LogP contribution >= 0.6 is 22.6 Å². The van der Waals surface area contributed by atoms with Gasteiger partial charge in [0.15, 0.2) is 0 Å². The molecule has 1 heteroatoms. The van der Waals surface area contributed by atoms with Gasteiger partial charge >= 0.3 is 0 Å². The van der Waals surface area contributed by atoms with Crippen molar-refractivity contribution in [3.63, 3.8) is 0 Å². The first-order valence-corrected chi connectivity index (χ1v) is 8.81. The molecule has 0 unspecified atom stereocenters. The van der Waals surface area contributed by atoms with Gasteiger partial charge in [-0.2, -0.15) is 0 Å². The molecule has 0 spiro atoms. The Bertz CT molecular complexity index is 472. The SMILES string of the molecule is ICCCCCC=C(c1ccccc1)c1ccccc1. The summed E-state index contributed by atoms with van der Waals surface area (Å²) >= 11 is 2.46. The van der Waals surface area contributed by atoms with E-state index in [-0.39, 0.29) is 0 Å². The maximum atomic E-state index is 2.46. The maximum Gasteiger partial charge on any atom is -0.000473 e. The molecule has 0 radical (unpaired) electrons. The van der Waals surface area contributed by atoms with Gasteiger partial charge in [0.25, 0.3) is 0 Å². The molecule has 2 aromatic carbocycles. The van der Waals surface area contributed by atoms with Crippen molar-refractivity contribution in [3.8, 4) is 0 Å². The second kappa shape index (κ2) is 8.96. The van der Waals surface area contributed by atoms with Gasteiger partial charge in [-0.25, -0.2) is 0 Å². The summed E-state index contributed by atoms with van der Waals surface area (Å²) in [6.07, 6.45) is 7.51. The van der Waals surface area contributed by atoms with Gasteiger partial charge in [0, 0.05) is 0 Å². The minimum atomic E-state index is 1.16. The molecular weight excluding hydrogens is 355 g/mol. The van der Waals surface area contributed by atoms with E-state index in [2.05, 4.69) is 89.3 Å². The van der Waals surface area contributed by atoms with Gasteiger partial charge in [-0.15, -0.1) is 0 Å². The van der Waals surface area contributed by atoms with E-state index >= 15 is 0 Å². The fourth-order valence-corrected chi connectivity index (χ4v) is 2.84. The fourth-order valence-electron chi connectivity index (χ4n) is 2.30. The third kappa shape index (κ3) is 4.78. The third-order valence-corrected chi connectivity index (χ3v) is 4.12. The smallest absolute Gasteiger partial charge is 0.000473 e. The lowest BCUT2D eigenvalue weighted by atomic mass is 9.96. The highest BCUT2D eigenvalue weighted by atomic mass is 127. The molecule has 2 aromatic rings. The minimum Gasteiger partial charge on any atom is -0.0864 e. The number of allylic oxidation sites excluding steroid dienone is 1. The minimum absolute atomic E-state index is 1.16. The molecular formula is C19H21I. The summed E-state index contributed by atoms with van der Waals surface area (Å²) in [6, 6.07) is 21.4. The van der Waals surface area contributed by atoms with Gasteiger partial charge in [0.05, 0.1) is 0 Å². The molecule has 0 aliphatic rings. The van der Waals surface area contributed by atoms with E-state index in [9.17, 15) is 0 Å². The second-order valence-corrected chi connectivity index (χ2v) is 5.97. The molecule has 0 amide bonds. The van der Waals surface area contributed by atoms with Crippen LogP contribution in [0.5, 0.6) is 0 Å². The summed E-state index contributed by atoms with van der Waals surface area (Å²) in [7, 11) is 0. The summed E-state index contributed by atoms with van der Waals surface area (Å²) < 4.78 is 1.27. The van der Waals surface area contributed by atoms with Crippen LogP contribution in [-0.4, -0.2) is 4.43 Å². The van der Waals surface area contributed by atoms with Crippen LogP contribution in [0.25, 0.3) is 5.57 Å². The van der Waals surface area contributed by atoms with Gasteiger partial charge in [-0.3, -0.25) is 0 Å². The molecule has 0 aliphatic carbocycles. The number of hydrogen-bond acceptors (Lipinski definition) is 0. The zero-order valence-corrected chi connectivity index (χ0v) is 13.9. The highest BCUT2D eigenvalue weighted by Crippen LogP contribution is 2.24. The van der Waals surface area contributed by atoms with Crippen molar-refractivity contribution in [2.45, 2.75) is 25.7 Å². The zero-order valence-electron chi connectivity index (χ0n) is 11.8. The van der Waals surface area contributed by atoms with Gasteiger partial charge in [-0.1, -0.05) is 95.8 Å². The lowest BCUT2D eigenvalue weighted by Crippen LogP contribution is -1.88. The van der Waals surface area contributed by atoms with E-state index in [4.69, 9.17) is 0 Å². The Morgan fingerprint density at radius 3 is 1.80 bits per heavy atom. The first-order valence-electron chi connectivity index (χ1n) is 7.29. The number of unbranched alkanes of at least 4 members (excludes halogenated alkanes) is 3. The molecule has 2 rings (SSSR count). The molecule has 104 valence electrons. The molecule has 0 saturated carbocycles. The highest BCUT2D eigenvalue weighted by Gasteiger charge is 2.03. The van der Waals surface area contributed by atoms with E-state index in [0.29, 0.717) is 0 Å². The Balaban J connectivity index is 2.15.